The zero-order chi connectivity index (χ0) is 12.3. The van der Waals surface area contributed by atoms with Gasteiger partial charge in [0.05, 0.1) is 9.59 Å². The Kier molecular flexibility index (Phi) is 4.81. The van der Waals surface area contributed by atoms with Crippen molar-refractivity contribution in [3.8, 4) is 0 Å². The molecule has 2 N–H and O–H groups in total. The largest absolute Gasteiger partial charge is 0.326 e. The molecule has 92 valence electrons. The van der Waals surface area contributed by atoms with E-state index in [4.69, 9.17) is 17.3 Å². The van der Waals surface area contributed by atoms with Gasteiger partial charge < -0.3 is 5.73 Å². The minimum atomic E-state index is 0.0959. The smallest absolute Gasteiger partial charge is 0.174 e. The highest BCUT2D eigenvalue weighted by atomic mass is 35.5. The lowest BCUT2D eigenvalue weighted by Crippen LogP contribution is -2.25. The molecule has 0 saturated carbocycles. The topological polar surface area (TPSA) is 51.8 Å². The second-order valence-electron chi connectivity index (χ2n) is 3.46. The van der Waals surface area contributed by atoms with Crippen molar-refractivity contribution in [2.24, 2.45) is 5.73 Å². The standard InChI is InChI=1S/C10H12ClN3S3/c1-2-6(12)9(7-3-4-8(11)16-7)17-10-14-13-5-15-10/h3-6,9H,2,12H2,1H3. The number of nitrogens with zero attached hydrogens (tertiary/aromatic N) is 2. The first-order valence-corrected chi connectivity index (χ1v) is 8.09. The van der Waals surface area contributed by atoms with Crippen LogP contribution in [-0.4, -0.2) is 16.2 Å². The first-order valence-electron chi connectivity index (χ1n) is 5.14. The molecule has 0 saturated heterocycles. The highest BCUT2D eigenvalue weighted by molar-refractivity contribution is 8.01. The number of nitrogens with two attached hydrogens (primary N) is 1. The van der Waals surface area contributed by atoms with Crippen molar-refractivity contribution in [3.63, 3.8) is 0 Å². The van der Waals surface area contributed by atoms with Crippen molar-refractivity contribution in [2.45, 2.75) is 29.0 Å². The number of aromatic nitrogens is 2. The molecule has 0 aliphatic heterocycles. The van der Waals surface area contributed by atoms with Gasteiger partial charge in [0.2, 0.25) is 0 Å². The van der Waals surface area contributed by atoms with Crippen LogP contribution in [-0.2, 0) is 0 Å². The Hall–Kier alpha value is -0.140. The van der Waals surface area contributed by atoms with E-state index in [1.165, 1.54) is 16.2 Å². The van der Waals surface area contributed by atoms with Crippen LogP contribution in [0.4, 0.5) is 0 Å². The molecule has 0 radical (unpaired) electrons. The van der Waals surface area contributed by atoms with Gasteiger partial charge in [-0.15, -0.1) is 21.5 Å². The Labute approximate surface area is 117 Å². The minimum Gasteiger partial charge on any atom is -0.326 e. The van der Waals surface area contributed by atoms with E-state index in [0.717, 1.165) is 15.1 Å². The van der Waals surface area contributed by atoms with Crippen molar-refractivity contribution in [1.82, 2.24) is 10.2 Å². The number of thiophene rings is 1. The van der Waals surface area contributed by atoms with Gasteiger partial charge in [-0.3, -0.25) is 0 Å². The van der Waals surface area contributed by atoms with Crippen LogP contribution in [0.15, 0.2) is 22.0 Å². The Morgan fingerprint density at radius 3 is 2.88 bits per heavy atom. The molecule has 2 heterocycles. The molecule has 0 bridgehead atoms. The Bertz CT molecular complexity index is 457. The second-order valence-corrected chi connectivity index (χ2v) is 7.43. The van der Waals surface area contributed by atoms with E-state index in [2.05, 4.69) is 17.1 Å². The number of halogens is 1. The Morgan fingerprint density at radius 2 is 2.35 bits per heavy atom. The molecule has 2 unspecified atom stereocenters. The maximum absolute atomic E-state index is 6.17. The predicted octanol–water partition coefficient (Wildman–Crippen LogP) is 3.82. The third kappa shape index (κ3) is 3.42. The van der Waals surface area contributed by atoms with E-state index in [-0.39, 0.29) is 11.3 Å². The molecule has 0 spiro atoms. The summed E-state index contributed by atoms with van der Waals surface area (Å²) in [5.41, 5.74) is 7.91. The number of rotatable bonds is 5. The highest BCUT2D eigenvalue weighted by Gasteiger charge is 2.22. The average molecular weight is 306 g/mol. The Morgan fingerprint density at radius 1 is 1.53 bits per heavy atom. The summed E-state index contributed by atoms with van der Waals surface area (Å²) in [5, 5.41) is 8.10. The molecule has 2 rings (SSSR count). The summed E-state index contributed by atoms with van der Waals surface area (Å²) in [6, 6.07) is 4.05. The predicted molar refractivity (Wildman–Crippen MR) is 76.1 cm³/mol. The molecule has 3 nitrogen and oxygen atoms in total. The number of hydrogen-bond donors (Lipinski definition) is 1. The summed E-state index contributed by atoms with van der Waals surface area (Å²) >= 11 is 10.8. The van der Waals surface area contributed by atoms with Gasteiger partial charge in [0.15, 0.2) is 4.34 Å². The summed E-state index contributed by atoms with van der Waals surface area (Å²) in [7, 11) is 0. The molecule has 0 amide bonds. The third-order valence-electron chi connectivity index (χ3n) is 2.30. The fourth-order valence-electron chi connectivity index (χ4n) is 1.37. The zero-order valence-electron chi connectivity index (χ0n) is 9.17. The monoisotopic (exact) mass is 305 g/mol. The molecule has 0 aromatic carbocycles. The molecule has 17 heavy (non-hydrogen) atoms. The molecule has 0 fully saturated rings. The van der Waals surface area contributed by atoms with Crippen molar-refractivity contribution in [1.29, 1.82) is 0 Å². The van der Waals surface area contributed by atoms with E-state index in [0.29, 0.717) is 0 Å². The lowest BCUT2D eigenvalue weighted by atomic mass is 10.1. The second kappa shape index (κ2) is 6.15. The van der Waals surface area contributed by atoms with E-state index >= 15 is 0 Å². The minimum absolute atomic E-state index is 0.0959. The van der Waals surface area contributed by atoms with E-state index in [9.17, 15) is 0 Å². The summed E-state index contributed by atoms with van der Waals surface area (Å²) in [6.07, 6.45) is 0.923. The van der Waals surface area contributed by atoms with Crippen LogP contribution in [0.5, 0.6) is 0 Å². The van der Waals surface area contributed by atoms with Crippen LogP contribution in [0.3, 0.4) is 0 Å². The molecule has 2 atom stereocenters. The lowest BCUT2D eigenvalue weighted by Gasteiger charge is -2.19. The summed E-state index contributed by atoms with van der Waals surface area (Å²) in [4.78, 5) is 1.20. The van der Waals surface area contributed by atoms with E-state index < -0.39 is 0 Å². The summed E-state index contributed by atoms with van der Waals surface area (Å²) < 4.78 is 1.74. The van der Waals surface area contributed by atoms with E-state index in [1.54, 1.807) is 28.6 Å². The van der Waals surface area contributed by atoms with Gasteiger partial charge in [0.25, 0.3) is 0 Å². The van der Waals surface area contributed by atoms with Crippen molar-refractivity contribution >= 4 is 46.0 Å². The van der Waals surface area contributed by atoms with Crippen LogP contribution in [0.25, 0.3) is 0 Å². The number of thioether (sulfide) groups is 1. The number of hydrogen-bond acceptors (Lipinski definition) is 6. The molecule has 0 aliphatic carbocycles. The fraction of sp³-hybridized carbons (Fsp3) is 0.400. The van der Waals surface area contributed by atoms with Crippen molar-refractivity contribution in [2.75, 3.05) is 0 Å². The van der Waals surface area contributed by atoms with Gasteiger partial charge in [-0.2, -0.15) is 0 Å². The first-order chi connectivity index (χ1) is 8.20. The molecule has 2 aromatic heterocycles. The lowest BCUT2D eigenvalue weighted by molar-refractivity contribution is 0.639. The van der Waals surface area contributed by atoms with E-state index in [1.807, 2.05) is 12.1 Å². The van der Waals surface area contributed by atoms with Crippen LogP contribution in [0.2, 0.25) is 4.34 Å². The Balaban J connectivity index is 2.19. The SMILES string of the molecule is CCC(N)C(Sc1nncs1)c1ccc(Cl)s1. The van der Waals surface area contributed by atoms with Crippen LogP contribution in [0, 0.1) is 0 Å². The van der Waals surface area contributed by atoms with Crippen LogP contribution >= 0.6 is 46.0 Å². The van der Waals surface area contributed by atoms with Crippen LogP contribution in [0.1, 0.15) is 23.5 Å². The quantitative estimate of drug-likeness (QED) is 0.853. The van der Waals surface area contributed by atoms with Crippen molar-refractivity contribution < 1.29 is 0 Å². The molecule has 7 heteroatoms. The first kappa shape index (κ1) is 13.3. The summed E-state index contributed by atoms with van der Waals surface area (Å²) in [6.45, 7) is 2.09. The summed E-state index contributed by atoms with van der Waals surface area (Å²) in [5.74, 6) is 0. The van der Waals surface area contributed by atoms with Gasteiger partial charge in [0.1, 0.15) is 5.51 Å². The van der Waals surface area contributed by atoms with Gasteiger partial charge in [-0.25, -0.2) is 0 Å². The van der Waals surface area contributed by atoms with Crippen LogP contribution < -0.4 is 5.73 Å². The molecular weight excluding hydrogens is 294 g/mol. The van der Waals surface area contributed by atoms with Gasteiger partial charge >= 0.3 is 0 Å². The average Bonchev–Trinajstić information content (AvgIpc) is 2.96. The third-order valence-corrected chi connectivity index (χ3v) is 5.97. The van der Waals surface area contributed by atoms with Gasteiger partial charge in [0, 0.05) is 10.9 Å². The maximum atomic E-state index is 6.17. The zero-order valence-corrected chi connectivity index (χ0v) is 12.4. The highest BCUT2D eigenvalue weighted by Crippen LogP contribution is 2.42. The fourth-order valence-corrected chi connectivity index (χ4v) is 4.60. The van der Waals surface area contributed by atoms with Gasteiger partial charge in [-0.05, 0) is 18.6 Å². The normalized spacial score (nSPS) is 14.8. The van der Waals surface area contributed by atoms with Gasteiger partial charge in [-0.1, -0.05) is 41.6 Å². The van der Waals surface area contributed by atoms with Crippen molar-refractivity contribution in [3.05, 3.63) is 26.9 Å². The molecular formula is C10H12ClN3S3. The molecule has 0 aliphatic rings. The molecule has 2 aromatic rings. The maximum Gasteiger partial charge on any atom is 0.174 e.